The van der Waals surface area contributed by atoms with Crippen LogP contribution < -0.4 is 5.56 Å². The number of hydrogen-bond donors (Lipinski definition) is 1. The second-order valence-electron chi connectivity index (χ2n) is 5.87. The minimum absolute atomic E-state index is 0.0750. The van der Waals surface area contributed by atoms with E-state index in [2.05, 4.69) is 4.85 Å². The number of aromatic nitrogens is 1. The van der Waals surface area contributed by atoms with Gasteiger partial charge in [-0.3, -0.25) is 14.2 Å². The van der Waals surface area contributed by atoms with Crippen LogP contribution in [0.4, 0.5) is 5.69 Å². The molecule has 0 atom stereocenters. The number of pyridine rings is 1. The summed E-state index contributed by atoms with van der Waals surface area (Å²) in [4.78, 5) is 27.9. The van der Waals surface area contributed by atoms with Crippen molar-refractivity contribution in [3.05, 3.63) is 62.7 Å². The lowest BCUT2D eigenvalue weighted by Crippen LogP contribution is -2.35. The smallest absolute Gasteiger partial charge is 0.269 e. The van der Waals surface area contributed by atoms with E-state index in [0.717, 1.165) is 4.57 Å². The molecule has 1 aromatic heterocycles. The van der Waals surface area contributed by atoms with Gasteiger partial charge in [-0.05, 0) is 31.5 Å². The Balaban J connectivity index is 2.00. The predicted molar refractivity (Wildman–Crippen MR) is 92.8 cm³/mol. The lowest BCUT2D eigenvalue weighted by atomic mass is 10.1. The van der Waals surface area contributed by atoms with E-state index in [9.17, 15) is 23.1 Å². The average molecular weight is 373 g/mol. The first-order valence-corrected chi connectivity index (χ1v) is 9.12. The van der Waals surface area contributed by atoms with Crippen LogP contribution in [0.5, 0.6) is 5.88 Å². The average Bonchev–Trinajstić information content (AvgIpc) is 2.81. The zero-order valence-corrected chi connectivity index (χ0v) is 14.9. The highest BCUT2D eigenvalue weighted by Gasteiger charge is 2.40. The third kappa shape index (κ3) is 2.38. The van der Waals surface area contributed by atoms with Crippen LogP contribution in [-0.4, -0.2) is 34.8 Å². The molecule has 1 aliphatic heterocycles. The number of nitrogens with zero attached hydrogens (tertiary/aromatic N) is 3. The van der Waals surface area contributed by atoms with Crippen LogP contribution in [0, 0.1) is 20.4 Å². The molecule has 0 saturated heterocycles. The first-order chi connectivity index (χ1) is 12.2. The molecule has 1 aromatic carbocycles. The largest absolute Gasteiger partial charge is 0.494 e. The molecule has 8 nitrogen and oxygen atoms in total. The summed E-state index contributed by atoms with van der Waals surface area (Å²) in [7, 11) is -4.00. The van der Waals surface area contributed by atoms with E-state index in [-0.39, 0.29) is 35.1 Å². The van der Waals surface area contributed by atoms with Gasteiger partial charge in [0.2, 0.25) is 0 Å². The quantitative estimate of drug-likeness (QED) is 0.823. The van der Waals surface area contributed by atoms with Crippen molar-refractivity contribution in [1.29, 1.82) is 0 Å². The molecule has 1 N–H and O–H groups in total. The fourth-order valence-electron chi connectivity index (χ4n) is 2.91. The Kier molecular flexibility index (Phi) is 4.08. The maximum atomic E-state index is 12.5. The summed E-state index contributed by atoms with van der Waals surface area (Å²) in [5, 5.41) is 10.2. The number of fused-ring (bicyclic) bond motifs is 1. The van der Waals surface area contributed by atoms with Crippen molar-refractivity contribution < 1.29 is 18.3 Å². The molecule has 134 valence electrons. The van der Waals surface area contributed by atoms with E-state index in [0.29, 0.717) is 15.4 Å². The second kappa shape index (κ2) is 6.00. The molecule has 0 radical (unpaired) electrons. The molecule has 0 spiro atoms. The Hall–Kier alpha value is -3.12. The highest BCUT2D eigenvalue weighted by Crippen LogP contribution is 2.30. The number of aromatic hydroxyl groups is 1. The Bertz CT molecular complexity index is 1140. The summed E-state index contributed by atoms with van der Waals surface area (Å²) in [6.45, 7) is 9.67. The van der Waals surface area contributed by atoms with Gasteiger partial charge in [-0.2, -0.15) is 0 Å². The van der Waals surface area contributed by atoms with Crippen molar-refractivity contribution in [2.45, 2.75) is 25.3 Å². The highest BCUT2D eigenvalue weighted by molar-refractivity contribution is 7.90. The van der Waals surface area contributed by atoms with Crippen molar-refractivity contribution in [1.82, 2.24) is 8.87 Å². The van der Waals surface area contributed by atoms with Gasteiger partial charge >= 0.3 is 0 Å². The first-order valence-electron chi connectivity index (χ1n) is 7.68. The van der Waals surface area contributed by atoms with Crippen molar-refractivity contribution in [2.75, 3.05) is 6.54 Å². The first kappa shape index (κ1) is 17.7. The third-order valence-electron chi connectivity index (χ3n) is 4.51. The van der Waals surface area contributed by atoms with Crippen LogP contribution >= 0.6 is 0 Å². The number of carbonyl (C=O) groups excluding carboxylic acids is 1. The van der Waals surface area contributed by atoms with Crippen LogP contribution in [-0.2, 0) is 16.6 Å². The Morgan fingerprint density at radius 3 is 2.38 bits per heavy atom. The van der Waals surface area contributed by atoms with E-state index in [1.807, 2.05) is 0 Å². The summed E-state index contributed by atoms with van der Waals surface area (Å²) in [5.74, 6) is -1.02. The van der Waals surface area contributed by atoms with Gasteiger partial charge in [-0.1, -0.05) is 12.1 Å². The van der Waals surface area contributed by atoms with E-state index < -0.39 is 21.5 Å². The maximum absolute atomic E-state index is 12.5. The van der Waals surface area contributed by atoms with Crippen LogP contribution in [0.15, 0.2) is 34.0 Å². The van der Waals surface area contributed by atoms with Gasteiger partial charge in [0.05, 0.1) is 18.7 Å². The molecule has 3 rings (SSSR count). The molecule has 9 heteroatoms. The number of rotatable bonds is 3. The van der Waals surface area contributed by atoms with Gasteiger partial charge in [0.25, 0.3) is 27.2 Å². The van der Waals surface area contributed by atoms with E-state index >= 15 is 0 Å². The molecule has 0 aliphatic carbocycles. The van der Waals surface area contributed by atoms with Crippen molar-refractivity contribution in [3.63, 3.8) is 0 Å². The zero-order chi connectivity index (χ0) is 19.2. The molecule has 0 bridgehead atoms. The molecule has 1 amide bonds. The molecule has 1 aliphatic rings. The molecule has 2 heterocycles. The van der Waals surface area contributed by atoms with Crippen LogP contribution in [0.3, 0.4) is 0 Å². The minimum Gasteiger partial charge on any atom is -0.494 e. The standard InChI is InChI=1S/C17H15N3O5S/c1-10-11(2)15(21)19(17(23)14(10)18-3)8-9-20-16(22)12-6-4-5-7-13(12)26(20,24)25/h4-7,21H,8-9H2,1-2H3. The Labute approximate surface area is 149 Å². The van der Waals surface area contributed by atoms with Crippen LogP contribution in [0.1, 0.15) is 21.5 Å². The Morgan fingerprint density at radius 1 is 1.12 bits per heavy atom. The van der Waals surface area contributed by atoms with Crippen molar-refractivity contribution in [3.8, 4) is 5.88 Å². The summed E-state index contributed by atoms with van der Waals surface area (Å²) < 4.78 is 26.7. The van der Waals surface area contributed by atoms with Crippen LogP contribution in [0.25, 0.3) is 4.85 Å². The van der Waals surface area contributed by atoms with Gasteiger partial charge in [0.1, 0.15) is 4.90 Å². The molecule has 0 saturated carbocycles. The number of benzene rings is 1. The third-order valence-corrected chi connectivity index (χ3v) is 6.35. The fourth-order valence-corrected chi connectivity index (χ4v) is 4.47. The zero-order valence-electron chi connectivity index (χ0n) is 14.1. The fraction of sp³-hybridized carbons (Fsp3) is 0.235. The normalized spacial score (nSPS) is 15.0. The summed E-state index contributed by atoms with van der Waals surface area (Å²) in [5.41, 5.74) is -0.0575. The van der Waals surface area contributed by atoms with Crippen LogP contribution in [0.2, 0.25) is 0 Å². The van der Waals surface area contributed by atoms with E-state index in [1.54, 1.807) is 19.9 Å². The van der Waals surface area contributed by atoms with Gasteiger partial charge in [-0.25, -0.2) is 17.6 Å². The molecular weight excluding hydrogens is 358 g/mol. The number of carbonyl (C=O) groups is 1. The minimum atomic E-state index is -4.00. The highest BCUT2D eigenvalue weighted by atomic mass is 32.2. The van der Waals surface area contributed by atoms with Gasteiger partial charge in [0.15, 0.2) is 5.88 Å². The summed E-state index contributed by atoms with van der Waals surface area (Å²) in [6.07, 6.45) is 0. The number of amides is 1. The summed E-state index contributed by atoms with van der Waals surface area (Å²) in [6, 6.07) is 5.86. The second-order valence-corrected chi connectivity index (χ2v) is 7.70. The SMILES string of the molecule is [C-]#[N+]c1c(C)c(C)c(O)n(CCN2C(=O)c3ccccc3S2(=O)=O)c1=O. The lowest BCUT2D eigenvalue weighted by Gasteiger charge is -2.18. The number of hydrogen-bond acceptors (Lipinski definition) is 5. The predicted octanol–water partition coefficient (Wildman–Crippen LogP) is 1.57. The maximum Gasteiger partial charge on any atom is 0.269 e. The monoisotopic (exact) mass is 373 g/mol. The lowest BCUT2D eigenvalue weighted by molar-refractivity contribution is 0.0867. The van der Waals surface area contributed by atoms with E-state index in [4.69, 9.17) is 6.57 Å². The molecule has 0 fully saturated rings. The Morgan fingerprint density at radius 2 is 1.77 bits per heavy atom. The van der Waals surface area contributed by atoms with Crippen molar-refractivity contribution in [2.24, 2.45) is 0 Å². The van der Waals surface area contributed by atoms with Gasteiger partial charge in [-0.15, -0.1) is 0 Å². The van der Waals surface area contributed by atoms with E-state index in [1.165, 1.54) is 18.2 Å². The van der Waals surface area contributed by atoms with Crippen molar-refractivity contribution >= 4 is 21.6 Å². The molecule has 0 unspecified atom stereocenters. The topological polar surface area (TPSA) is 101 Å². The summed E-state index contributed by atoms with van der Waals surface area (Å²) >= 11 is 0. The van der Waals surface area contributed by atoms with Gasteiger partial charge in [0, 0.05) is 12.1 Å². The molecule has 2 aromatic rings. The van der Waals surface area contributed by atoms with Gasteiger partial charge < -0.3 is 5.11 Å². The molecule has 26 heavy (non-hydrogen) atoms. The molecular formula is C17H15N3O5S. The number of sulfonamides is 1.